The standard InChI is InChI=1S/C16H15N3/c17-12-6-9-15-14(10-12)18-16(19(15)13-7-8-13)11-4-2-1-3-5-11/h1-6,9-10,13H,7-8,17H2. The average molecular weight is 249 g/mol. The molecule has 3 heteroatoms. The number of hydrogen-bond donors (Lipinski definition) is 1. The monoisotopic (exact) mass is 249 g/mol. The van der Waals surface area contributed by atoms with Crippen molar-refractivity contribution in [1.82, 2.24) is 9.55 Å². The lowest BCUT2D eigenvalue weighted by Crippen LogP contribution is -1.97. The Balaban J connectivity index is 2.01. The summed E-state index contributed by atoms with van der Waals surface area (Å²) >= 11 is 0. The van der Waals surface area contributed by atoms with Gasteiger partial charge in [0.1, 0.15) is 5.82 Å². The molecule has 0 aliphatic heterocycles. The van der Waals surface area contributed by atoms with Crippen LogP contribution in [0.1, 0.15) is 18.9 Å². The topological polar surface area (TPSA) is 43.8 Å². The number of fused-ring (bicyclic) bond motifs is 1. The third-order valence-corrected chi connectivity index (χ3v) is 3.66. The van der Waals surface area contributed by atoms with Gasteiger partial charge in [0, 0.05) is 17.3 Å². The zero-order valence-corrected chi connectivity index (χ0v) is 10.6. The summed E-state index contributed by atoms with van der Waals surface area (Å²) in [5.41, 5.74) is 9.99. The molecule has 3 nitrogen and oxygen atoms in total. The van der Waals surface area contributed by atoms with Crippen LogP contribution in [0.5, 0.6) is 0 Å². The number of nitrogens with two attached hydrogens (primary N) is 1. The van der Waals surface area contributed by atoms with Gasteiger partial charge in [-0.2, -0.15) is 0 Å². The van der Waals surface area contributed by atoms with Crippen molar-refractivity contribution < 1.29 is 0 Å². The zero-order valence-electron chi connectivity index (χ0n) is 10.6. The number of anilines is 1. The molecule has 0 spiro atoms. The molecule has 1 aromatic heterocycles. The molecule has 0 bridgehead atoms. The van der Waals surface area contributed by atoms with Crippen molar-refractivity contribution in [3.8, 4) is 11.4 Å². The van der Waals surface area contributed by atoms with Crippen LogP contribution in [-0.4, -0.2) is 9.55 Å². The van der Waals surface area contributed by atoms with Crippen LogP contribution >= 0.6 is 0 Å². The van der Waals surface area contributed by atoms with E-state index in [0.29, 0.717) is 6.04 Å². The van der Waals surface area contributed by atoms with E-state index in [4.69, 9.17) is 10.7 Å². The maximum atomic E-state index is 5.86. The third kappa shape index (κ3) is 1.70. The molecule has 1 aliphatic carbocycles. The molecule has 0 amide bonds. The second-order valence-corrected chi connectivity index (χ2v) is 5.15. The van der Waals surface area contributed by atoms with E-state index in [1.807, 2.05) is 18.2 Å². The second-order valence-electron chi connectivity index (χ2n) is 5.15. The normalized spacial score (nSPS) is 14.9. The van der Waals surface area contributed by atoms with Gasteiger partial charge in [-0.15, -0.1) is 0 Å². The number of rotatable bonds is 2. The minimum Gasteiger partial charge on any atom is -0.399 e. The largest absolute Gasteiger partial charge is 0.399 e. The van der Waals surface area contributed by atoms with E-state index in [2.05, 4.69) is 34.9 Å². The highest BCUT2D eigenvalue weighted by atomic mass is 15.1. The first-order chi connectivity index (χ1) is 9.33. The Bertz CT molecular complexity index is 739. The number of benzene rings is 2. The Hall–Kier alpha value is -2.29. The fraction of sp³-hybridized carbons (Fsp3) is 0.188. The van der Waals surface area contributed by atoms with Gasteiger partial charge < -0.3 is 10.3 Å². The van der Waals surface area contributed by atoms with Crippen LogP contribution in [0.25, 0.3) is 22.4 Å². The van der Waals surface area contributed by atoms with Crippen molar-refractivity contribution >= 4 is 16.7 Å². The van der Waals surface area contributed by atoms with E-state index in [1.165, 1.54) is 23.9 Å². The molecule has 4 rings (SSSR count). The molecule has 3 aromatic rings. The van der Waals surface area contributed by atoms with Gasteiger partial charge in [-0.3, -0.25) is 0 Å². The van der Waals surface area contributed by atoms with Crippen molar-refractivity contribution in [2.24, 2.45) is 0 Å². The van der Waals surface area contributed by atoms with Crippen LogP contribution in [0.4, 0.5) is 5.69 Å². The Morgan fingerprint density at radius 1 is 1.05 bits per heavy atom. The van der Waals surface area contributed by atoms with Gasteiger partial charge in [-0.25, -0.2) is 4.98 Å². The minimum absolute atomic E-state index is 0.601. The predicted molar refractivity (Wildman–Crippen MR) is 77.9 cm³/mol. The quantitative estimate of drug-likeness (QED) is 0.705. The molecular weight excluding hydrogens is 234 g/mol. The molecule has 2 aromatic carbocycles. The Kier molecular flexibility index (Phi) is 2.15. The molecule has 1 heterocycles. The van der Waals surface area contributed by atoms with Gasteiger partial charge >= 0.3 is 0 Å². The highest BCUT2D eigenvalue weighted by Gasteiger charge is 2.28. The molecule has 0 saturated heterocycles. The molecule has 1 saturated carbocycles. The first kappa shape index (κ1) is 10.6. The molecular formula is C16H15N3. The van der Waals surface area contributed by atoms with Gasteiger partial charge in [0.2, 0.25) is 0 Å². The molecule has 2 N–H and O–H groups in total. The summed E-state index contributed by atoms with van der Waals surface area (Å²) in [5, 5.41) is 0. The summed E-state index contributed by atoms with van der Waals surface area (Å²) in [6.07, 6.45) is 2.49. The number of nitrogens with zero attached hydrogens (tertiary/aromatic N) is 2. The summed E-state index contributed by atoms with van der Waals surface area (Å²) in [5.74, 6) is 1.06. The van der Waals surface area contributed by atoms with Crippen molar-refractivity contribution in [2.45, 2.75) is 18.9 Å². The third-order valence-electron chi connectivity index (χ3n) is 3.66. The van der Waals surface area contributed by atoms with E-state index in [1.54, 1.807) is 0 Å². The molecule has 0 radical (unpaired) electrons. The lowest BCUT2D eigenvalue weighted by atomic mass is 10.2. The molecule has 0 atom stereocenters. The van der Waals surface area contributed by atoms with Crippen molar-refractivity contribution in [2.75, 3.05) is 5.73 Å². The fourth-order valence-corrected chi connectivity index (χ4v) is 2.61. The molecule has 1 aliphatic rings. The Morgan fingerprint density at radius 2 is 1.84 bits per heavy atom. The average Bonchev–Trinajstić information content (AvgIpc) is 3.20. The highest BCUT2D eigenvalue weighted by Crippen LogP contribution is 2.41. The number of nitrogen functional groups attached to an aromatic ring is 1. The lowest BCUT2D eigenvalue weighted by Gasteiger charge is -2.07. The van der Waals surface area contributed by atoms with E-state index in [-0.39, 0.29) is 0 Å². The van der Waals surface area contributed by atoms with Gasteiger partial charge in [0.15, 0.2) is 0 Å². The SMILES string of the molecule is Nc1ccc2c(c1)nc(-c1ccccc1)n2C1CC1. The van der Waals surface area contributed by atoms with Gasteiger partial charge in [-0.05, 0) is 31.0 Å². The maximum absolute atomic E-state index is 5.86. The van der Waals surface area contributed by atoms with E-state index < -0.39 is 0 Å². The first-order valence-corrected chi connectivity index (χ1v) is 6.66. The van der Waals surface area contributed by atoms with Crippen molar-refractivity contribution in [3.63, 3.8) is 0 Å². The van der Waals surface area contributed by atoms with E-state index in [9.17, 15) is 0 Å². The summed E-state index contributed by atoms with van der Waals surface area (Å²) in [4.78, 5) is 4.79. The predicted octanol–water partition coefficient (Wildman–Crippen LogP) is 3.62. The number of hydrogen-bond acceptors (Lipinski definition) is 2. The Labute approximate surface area is 111 Å². The minimum atomic E-state index is 0.601. The fourth-order valence-electron chi connectivity index (χ4n) is 2.61. The smallest absolute Gasteiger partial charge is 0.141 e. The maximum Gasteiger partial charge on any atom is 0.141 e. The molecule has 19 heavy (non-hydrogen) atoms. The van der Waals surface area contributed by atoms with Gasteiger partial charge in [-0.1, -0.05) is 30.3 Å². The Morgan fingerprint density at radius 3 is 2.58 bits per heavy atom. The molecule has 94 valence electrons. The summed E-state index contributed by atoms with van der Waals surface area (Å²) in [6.45, 7) is 0. The first-order valence-electron chi connectivity index (χ1n) is 6.66. The van der Waals surface area contributed by atoms with Crippen LogP contribution in [0, 0.1) is 0 Å². The van der Waals surface area contributed by atoms with Gasteiger partial charge in [0.05, 0.1) is 11.0 Å². The molecule has 0 unspecified atom stereocenters. The van der Waals surface area contributed by atoms with E-state index in [0.717, 1.165) is 17.0 Å². The van der Waals surface area contributed by atoms with Crippen LogP contribution in [0.15, 0.2) is 48.5 Å². The number of aromatic nitrogens is 2. The van der Waals surface area contributed by atoms with E-state index >= 15 is 0 Å². The zero-order chi connectivity index (χ0) is 12.8. The van der Waals surface area contributed by atoms with Crippen molar-refractivity contribution in [1.29, 1.82) is 0 Å². The van der Waals surface area contributed by atoms with Gasteiger partial charge in [0.25, 0.3) is 0 Å². The highest BCUT2D eigenvalue weighted by molar-refractivity contribution is 5.83. The summed E-state index contributed by atoms with van der Waals surface area (Å²) in [6, 6.07) is 17.0. The summed E-state index contributed by atoms with van der Waals surface area (Å²) in [7, 11) is 0. The second kappa shape index (κ2) is 3.85. The van der Waals surface area contributed by atoms with Crippen LogP contribution in [-0.2, 0) is 0 Å². The van der Waals surface area contributed by atoms with Crippen LogP contribution in [0.3, 0.4) is 0 Å². The number of imidazole rings is 1. The van der Waals surface area contributed by atoms with Crippen LogP contribution in [0.2, 0.25) is 0 Å². The summed E-state index contributed by atoms with van der Waals surface area (Å²) < 4.78 is 2.37. The lowest BCUT2D eigenvalue weighted by molar-refractivity contribution is 0.775. The van der Waals surface area contributed by atoms with Crippen LogP contribution < -0.4 is 5.73 Å². The molecule has 1 fully saturated rings. The van der Waals surface area contributed by atoms with Crippen molar-refractivity contribution in [3.05, 3.63) is 48.5 Å².